The van der Waals surface area contributed by atoms with Crippen molar-refractivity contribution in [3.63, 3.8) is 0 Å². The molecule has 1 unspecified atom stereocenters. The van der Waals surface area contributed by atoms with Crippen molar-refractivity contribution in [3.8, 4) is 0 Å². The quantitative estimate of drug-likeness (QED) is 0.556. The summed E-state index contributed by atoms with van der Waals surface area (Å²) in [6.45, 7) is 2.19. The predicted molar refractivity (Wildman–Crippen MR) is 89.2 cm³/mol. The predicted octanol–water partition coefficient (Wildman–Crippen LogP) is 3.80. The number of fused-ring (bicyclic) bond motifs is 1. The average molecular weight is 297 g/mol. The molecule has 1 atom stereocenters. The van der Waals surface area contributed by atoms with Crippen LogP contribution in [0.15, 0.2) is 48.0 Å². The first kappa shape index (κ1) is 14.2. The van der Waals surface area contributed by atoms with Crippen molar-refractivity contribution in [2.45, 2.75) is 25.8 Å². The second-order valence-corrected chi connectivity index (χ2v) is 6.12. The Morgan fingerprint density at radius 1 is 1.24 bits per heavy atom. The van der Waals surface area contributed by atoms with Crippen molar-refractivity contribution in [2.24, 2.45) is 5.84 Å². The van der Waals surface area contributed by atoms with E-state index < -0.39 is 0 Å². The first-order chi connectivity index (χ1) is 10.3. The molecule has 0 fully saturated rings. The number of aryl methyl sites for hydroxylation is 1. The Kier molecular flexibility index (Phi) is 4.29. The summed E-state index contributed by atoms with van der Waals surface area (Å²) < 4.78 is 1.19. The maximum atomic E-state index is 5.81. The second kappa shape index (κ2) is 6.35. The molecule has 0 spiro atoms. The standard InChI is InChI=1S/C17H19N3S/c1-2-4-12-5-3-6-13(9-12)17(20-18)14-10-16-15(19-11-14)7-8-21-16/h3,5-11,17,20H,2,4,18H2,1H3. The molecule has 2 aromatic heterocycles. The number of nitrogens with two attached hydrogens (primary N) is 1. The Morgan fingerprint density at radius 3 is 2.95 bits per heavy atom. The zero-order valence-corrected chi connectivity index (χ0v) is 12.9. The molecule has 21 heavy (non-hydrogen) atoms. The van der Waals surface area contributed by atoms with E-state index in [9.17, 15) is 0 Å². The van der Waals surface area contributed by atoms with Gasteiger partial charge < -0.3 is 0 Å². The molecule has 0 amide bonds. The largest absolute Gasteiger partial charge is 0.271 e. The molecule has 0 bridgehead atoms. The number of thiophene rings is 1. The van der Waals surface area contributed by atoms with Crippen LogP contribution in [-0.2, 0) is 6.42 Å². The summed E-state index contributed by atoms with van der Waals surface area (Å²) in [7, 11) is 0. The van der Waals surface area contributed by atoms with E-state index in [1.807, 2.05) is 12.3 Å². The molecule has 4 heteroatoms. The van der Waals surface area contributed by atoms with Gasteiger partial charge in [-0.15, -0.1) is 11.3 Å². The third-order valence-corrected chi connectivity index (χ3v) is 4.50. The average Bonchev–Trinajstić information content (AvgIpc) is 2.96. The molecule has 0 radical (unpaired) electrons. The normalized spacial score (nSPS) is 12.7. The number of nitrogens with one attached hydrogen (secondary N) is 1. The fraction of sp³-hybridized carbons (Fsp3) is 0.235. The molecule has 0 saturated carbocycles. The van der Waals surface area contributed by atoms with Crippen molar-refractivity contribution >= 4 is 21.6 Å². The summed E-state index contributed by atoms with van der Waals surface area (Å²) in [6.07, 6.45) is 4.15. The summed E-state index contributed by atoms with van der Waals surface area (Å²) >= 11 is 1.70. The summed E-state index contributed by atoms with van der Waals surface area (Å²) in [6, 6.07) is 12.8. The minimum Gasteiger partial charge on any atom is -0.271 e. The zero-order chi connectivity index (χ0) is 14.7. The van der Waals surface area contributed by atoms with E-state index in [-0.39, 0.29) is 6.04 Å². The van der Waals surface area contributed by atoms with E-state index >= 15 is 0 Å². The van der Waals surface area contributed by atoms with Gasteiger partial charge in [0.1, 0.15) is 0 Å². The van der Waals surface area contributed by atoms with Gasteiger partial charge >= 0.3 is 0 Å². The number of pyridine rings is 1. The molecule has 3 N–H and O–H groups in total. The third kappa shape index (κ3) is 2.97. The monoisotopic (exact) mass is 297 g/mol. The molecule has 0 aliphatic rings. The highest BCUT2D eigenvalue weighted by molar-refractivity contribution is 7.17. The molecule has 2 heterocycles. The highest BCUT2D eigenvalue weighted by Crippen LogP contribution is 2.26. The van der Waals surface area contributed by atoms with Gasteiger partial charge in [0.05, 0.1) is 16.3 Å². The third-order valence-electron chi connectivity index (χ3n) is 3.65. The molecular weight excluding hydrogens is 278 g/mol. The van der Waals surface area contributed by atoms with Gasteiger partial charge in [-0.25, -0.2) is 5.43 Å². The molecule has 0 saturated heterocycles. The number of benzene rings is 1. The van der Waals surface area contributed by atoms with Gasteiger partial charge in [0, 0.05) is 6.20 Å². The van der Waals surface area contributed by atoms with Crippen LogP contribution in [0.2, 0.25) is 0 Å². The summed E-state index contributed by atoms with van der Waals surface area (Å²) in [4.78, 5) is 4.51. The van der Waals surface area contributed by atoms with Gasteiger partial charge in [-0.2, -0.15) is 0 Å². The highest BCUT2D eigenvalue weighted by Gasteiger charge is 2.14. The Morgan fingerprint density at radius 2 is 2.14 bits per heavy atom. The SMILES string of the molecule is CCCc1cccc(C(NN)c2cnc3ccsc3c2)c1. The fourth-order valence-electron chi connectivity index (χ4n) is 2.62. The van der Waals surface area contributed by atoms with Crippen LogP contribution in [0.3, 0.4) is 0 Å². The van der Waals surface area contributed by atoms with Gasteiger partial charge in [-0.3, -0.25) is 10.8 Å². The molecule has 108 valence electrons. The van der Waals surface area contributed by atoms with Crippen molar-refractivity contribution in [2.75, 3.05) is 0 Å². The van der Waals surface area contributed by atoms with Crippen LogP contribution in [0.5, 0.6) is 0 Å². The number of nitrogens with zero attached hydrogens (tertiary/aromatic N) is 1. The number of hydrogen-bond donors (Lipinski definition) is 2. The first-order valence-electron chi connectivity index (χ1n) is 7.20. The highest BCUT2D eigenvalue weighted by atomic mass is 32.1. The van der Waals surface area contributed by atoms with E-state index in [1.54, 1.807) is 11.3 Å². The van der Waals surface area contributed by atoms with E-state index in [2.05, 4.69) is 53.0 Å². The van der Waals surface area contributed by atoms with Crippen molar-refractivity contribution < 1.29 is 0 Å². The smallest absolute Gasteiger partial charge is 0.0809 e. The molecule has 3 nitrogen and oxygen atoms in total. The van der Waals surface area contributed by atoms with Gasteiger partial charge in [0.2, 0.25) is 0 Å². The number of rotatable bonds is 5. The van der Waals surface area contributed by atoms with Crippen LogP contribution >= 0.6 is 11.3 Å². The lowest BCUT2D eigenvalue weighted by atomic mass is 9.97. The molecular formula is C17H19N3S. The topological polar surface area (TPSA) is 50.9 Å². The summed E-state index contributed by atoms with van der Waals surface area (Å²) in [5.74, 6) is 5.81. The second-order valence-electron chi connectivity index (χ2n) is 5.17. The lowest BCUT2D eigenvalue weighted by Gasteiger charge is -2.17. The zero-order valence-electron chi connectivity index (χ0n) is 12.0. The molecule has 0 aliphatic heterocycles. The lowest BCUT2D eigenvalue weighted by Crippen LogP contribution is -2.29. The van der Waals surface area contributed by atoms with Gasteiger partial charge in [0.15, 0.2) is 0 Å². The van der Waals surface area contributed by atoms with Crippen LogP contribution < -0.4 is 11.3 Å². The maximum absolute atomic E-state index is 5.81. The van der Waals surface area contributed by atoms with E-state index in [1.165, 1.54) is 15.8 Å². The summed E-state index contributed by atoms with van der Waals surface area (Å²) in [5, 5.41) is 2.06. The number of hydrazine groups is 1. The van der Waals surface area contributed by atoms with Gasteiger partial charge in [0.25, 0.3) is 0 Å². The Labute approximate surface area is 128 Å². The molecule has 3 rings (SSSR count). The molecule has 0 aliphatic carbocycles. The van der Waals surface area contributed by atoms with E-state index in [0.29, 0.717) is 0 Å². The Balaban J connectivity index is 1.98. The minimum absolute atomic E-state index is 0.0270. The van der Waals surface area contributed by atoms with Crippen LogP contribution in [0, 0.1) is 0 Å². The number of hydrogen-bond acceptors (Lipinski definition) is 4. The van der Waals surface area contributed by atoms with E-state index in [0.717, 1.165) is 23.9 Å². The fourth-order valence-corrected chi connectivity index (χ4v) is 3.41. The van der Waals surface area contributed by atoms with Crippen LogP contribution in [-0.4, -0.2) is 4.98 Å². The minimum atomic E-state index is -0.0270. The first-order valence-corrected chi connectivity index (χ1v) is 8.08. The molecule has 3 aromatic rings. The van der Waals surface area contributed by atoms with Crippen LogP contribution in [0.4, 0.5) is 0 Å². The van der Waals surface area contributed by atoms with Crippen LogP contribution in [0.25, 0.3) is 10.2 Å². The maximum Gasteiger partial charge on any atom is 0.0809 e. The Bertz CT molecular complexity index is 735. The summed E-state index contributed by atoms with van der Waals surface area (Å²) in [5.41, 5.74) is 7.59. The van der Waals surface area contributed by atoms with Crippen molar-refractivity contribution in [1.82, 2.24) is 10.4 Å². The van der Waals surface area contributed by atoms with Crippen molar-refractivity contribution in [3.05, 3.63) is 64.7 Å². The van der Waals surface area contributed by atoms with Gasteiger partial charge in [-0.1, -0.05) is 37.6 Å². The number of aromatic nitrogens is 1. The lowest BCUT2D eigenvalue weighted by molar-refractivity contribution is 0.635. The van der Waals surface area contributed by atoms with Gasteiger partial charge in [-0.05, 0) is 40.6 Å². The van der Waals surface area contributed by atoms with Crippen molar-refractivity contribution in [1.29, 1.82) is 0 Å². The molecule has 1 aromatic carbocycles. The van der Waals surface area contributed by atoms with E-state index in [4.69, 9.17) is 5.84 Å². The van der Waals surface area contributed by atoms with Crippen LogP contribution in [0.1, 0.15) is 36.1 Å². The Hall–Kier alpha value is -1.75.